The van der Waals surface area contributed by atoms with Gasteiger partial charge < -0.3 is 30.4 Å². The molecule has 113 heavy (non-hydrogen) atoms. The van der Waals surface area contributed by atoms with E-state index in [1.165, 1.54) is 11.1 Å². The van der Waals surface area contributed by atoms with Crippen molar-refractivity contribution < 1.29 is 74.2 Å². The molecular formula is C93H107BrCl6N6O4W3-2. The molecule has 12 rings (SSSR count). The molecule has 0 saturated heterocycles. The number of nitrogens with zero attached hydrogens (tertiary/aromatic N) is 6. The van der Waals surface area contributed by atoms with E-state index in [2.05, 4.69) is 195 Å². The van der Waals surface area contributed by atoms with Gasteiger partial charge in [-0.3, -0.25) is 4.98 Å². The monoisotopic (exact) mass is 2210 g/mol. The number of pyridine rings is 1. The van der Waals surface area contributed by atoms with Gasteiger partial charge in [-0.25, -0.2) is 0 Å². The van der Waals surface area contributed by atoms with E-state index in [9.17, 15) is 15.3 Å². The summed E-state index contributed by atoms with van der Waals surface area (Å²) in [4.78, 5) is 12.3. The van der Waals surface area contributed by atoms with E-state index in [0.29, 0.717) is 41.4 Å². The number of aromatic hydroxyl groups is 2. The maximum atomic E-state index is 10.9. The van der Waals surface area contributed by atoms with Crippen molar-refractivity contribution in [1.82, 2.24) is 15.0 Å². The Morgan fingerprint density at radius 1 is 0.407 bits per heavy atom. The number of hydrogen-bond donors (Lipinski definition) is 4. The van der Waals surface area contributed by atoms with Crippen LogP contribution in [-0.4, -0.2) is 44.2 Å². The molecule has 3 heterocycles. The van der Waals surface area contributed by atoms with Gasteiger partial charge in [0, 0.05) is 17.0 Å². The van der Waals surface area contributed by atoms with Gasteiger partial charge in [0.25, 0.3) is 0 Å². The molecule has 12 aromatic rings. The molecule has 0 spiro atoms. The maximum Gasteiger partial charge on any atom is 0.141 e. The number of para-hydroxylation sites is 1. The van der Waals surface area contributed by atoms with Gasteiger partial charge in [0.2, 0.25) is 0 Å². The van der Waals surface area contributed by atoms with Crippen LogP contribution in [0.5, 0.6) is 11.5 Å². The Morgan fingerprint density at radius 3 is 1.04 bits per heavy atom. The number of hydrogen-bond acceptors (Lipinski definition) is 8. The first-order valence-corrected chi connectivity index (χ1v) is 48.5. The summed E-state index contributed by atoms with van der Waals surface area (Å²) in [6.45, 7) is 45.3. The molecule has 0 aliphatic rings. The van der Waals surface area contributed by atoms with Gasteiger partial charge in [0.15, 0.2) is 0 Å². The Morgan fingerprint density at radius 2 is 0.726 bits per heavy atom. The molecule has 0 unspecified atom stereocenters. The van der Waals surface area contributed by atoms with Crippen LogP contribution in [-0.2, 0) is 53.8 Å². The summed E-state index contributed by atoms with van der Waals surface area (Å²) in [7, 11) is 0. The molecule has 4 N–H and O–H groups in total. The zero-order valence-electron chi connectivity index (χ0n) is 68.7. The second-order valence-electron chi connectivity index (χ2n) is 30.9. The molecular weight excluding hydrogens is 2110 g/mol. The molecule has 3 aromatic heterocycles. The van der Waals surface area contributed by atoms with Gasteiger partial charge in [-0.2, -0.15) is 22.8 Å². The topological polar surface area (TPSA) is 159 Å². The number of halogens is 7. The van der Waals surface area contributed by atoms with Crippen LogP contribution in [0, 0.1) is 85.5 Å². The minimum absolute atomic E-state index is 0.238. The summed E-state index contributed by atoms with van der Waals surface area (Å²) >= 11 is 36.9. The number of phenolic OH excluding ortho intramolecular Hbond substituents is 2. The Kier molecular flexibility index (Phi) is 42.3. The first kappa shape index (κ1) is 99.4. The molecule has 10 nitrogen and oxygen atoms in total. The maximum absolute atomic E-state index is 10.9. The fourth-order valence-corrected chi connectivity index (χ4v) is 20.5. The minimum atomic E-state index is -0.850. The standard InChI is InChI=1S/C19H24O.C16H11BrO.C9H7NO.3C6H3Cl2N.2C6H8N.3C5H10.C4H10O.3W/c1-11-7-13(3)17(14(4)8-11)19(20)18-15(5)9-12(2)10-16(18)6;17-14-10-9-12-7-4-8-13(15(12)16(14)18)11-5-2-1-3-6-11;11-8-5-1-3-7-4-2-6-10-9(7)8;3*7-4-2-1-3-5(8)6(4)9;2*1-5-3-4-6(2)7-5;3*1-5(2,3)4;1-4(2,3)5;;;/h7-10,19-20H,1-6H3;1-10,18H;1-6,11H;3*1-3H;2*3-4H,1-2H3;3*1H,2-4H3;5H,1-3H3;;;/q;;;;;;2*-1;;;;;;;. The summed E-state index contributed by atoms with van der Waals surface area (Å²) < 4.78 is 21.2. The zero-order chi connectivity index (χ0) is 84.7. The van der Waals surface area contributed by atoms with Crippen molar-refractivity contribution in [3.05, 3.63) is 302 Å². The molecule has 9 aromatic carbocycles. The van der Waals surface area contributed by atoms with Gasteiger partial charge in [0.05, 0.1) is 10.1 Å². The van der Waals surface area contributed by atoms with Crippen LogP contribution in [0.2, 0.25) is 30.1 Å². The Labute approximate surface area is 734 Å². The molecule has 20 heteroatoms. The number of benzene rings is 9. The van der Waals surface area contributed by atoms with Crippen molar-refractivity contribution in [1.29, 1.82) is 0 Å². The van der Waals surface area contributed by atoms with Crippen molar-refractivity contribution in [2.24, 2.45) is 26.7 Å². The van der Waals surface area contributed by atoms with Gasteiger partial charge >= 0.3 is 327 Å². The second-order valence-corrected chi connectivity index (χ2v) is 41.0. The Balaban J connectivity index is 0.000000274. The summed E-state index contributed by atoms with van der Waals surface area (Å²) in [5.74, 6) is 0.537. The van der Waals surface area contributed by atoms with Crippen LogP contribution in [0.1, 0.15) is 156 Å². The first-order valence-electron chi connectivity index (χ1n) is 36.4. The summed E-state index contributed by atoms with van der Waals surface area (Å²) in [6.07, 6.45) is 1.12. The predicted molar refractivity (Wildman–Crippen MR) is 480 cm³/mol. The van der Waals surface area contributed by atoms with Gasteiger partial charge in [-0.15, -0.1) is 0 Å². The van der Waals surface area contributed by atoms with E-state index in [0.717, 1.165) is 105 Å². The van der Waals surface area contributed by atoms with Crippen LogP contribution in [0.3, 0.4) is 0 Å². The minimum Gasteiger partial charge on any atom is -0.665 e. The summed E-state index contributed by atoms with van der Waals surface area (Å²) in [5.41, 5.74) is 19.0. The van der Waals surface area contributed by atoms with Crippen LogP contribution in [0.4, 0.5) is 17.1 Å². The average Bonchev–Trinajstić information content (AvgIpc) is 1.41. The first-order chi connectivity index (χ1) is 52.7. The van der Waals surface area contributed by atoms with E-state index < -0.39 is 65.5 Å². The molecule has 0 bridgehead atoms. The van der Waals surface area contributed by atoms with Crippen molar-refractivity contribution in [3.8, 4) is 22.6 Å². The van der Waals surface area contributed by atoms with Crippen molar-refractivity contribution in [3.63, 3.8) is 0 Å². The van der Waals surface area contributed by atoms with Gasteiger partial charge in [-0.05, 0) is 146 Å². The van der Waals surface area contributed by atoms with E-state index >= 15 is 0 Å². The van der Waals surface area contributed by atoms with Crippen LogP contribution in [0.25, 0.3) is 32.8 Å². The number of fused-ring (bicyclic) bond motifs is 2. The normalized spacial score (nSPS) is 10.8. The third kappa shape index (κ3) is 37.5. The molecule has 0 fully saturated rings. The second kappa shape index (κ2) is 48.0. The van der Waals surface area contributed by atoms with Crippen LogP contribution in [0.15, 0.2) is 215 Å². The molecule has 0 atom stereocenters. The van der Waals surface area contributed by atoms with Gasteiger partial charge in [-0.1, -0.05) is 160 Å². The van der Waals surface area contributed by atoms with Crippen molar-refractivity contribution >= 4 is 137 Å². The van der Waals surface area contributed by atoms with Gasteiger partial charge in [0.1, 0.15) is 23.1 Å². The number of aliphatic hydroxyl groups excluding tert-OH is 1. The molecule has 0 aliphatic heterocycles. The molecule has 0 amide bonds. The van der Waals surface area contributed by atoms with Crippen molar-refractivity contribution in [2.75, 3.05) is 0 Å². The summed E-state index contributed by atoms with van der Waals surface area (Å²) in [6, 6.07) is 62.2. The molecule has 0 aliphatic carbocycles. The number of phenols is 2. The van der Waals surface area contributed by atoms with E-state index in [1.807, 2.05) is 173 Å². The smallest absolute Gasteiger partial charge is 0.141 e. The average molecular weight is 2220 g/mol. The Hall–Kier alpha value is -5.98. The Bertz CT molecular complexity index is 4850. The number of aliphatic hydroxyl groups is 2. The number of rotatable bonds is 6. The molecule has 0 radical (unpaired) electrons. The SMILES string of the molecule is CC(C)(C)O.CC(C)(C)[CH]=[W]=[N]c1c(Cl)cccc1Cl.CC(C)(C)[CH]=[W]=[N]c1c(Cl)cccc1Cl.CC(C)(C)[CH]=[W]=[N]c1c(Cl)cccc1Cl.Cc1cc(C)c(C(O)c2c(C)cc(C)cc2C)c(C)c1.Cc1ccc(C)[n-]1.Cc1ccc(C)[n-]1.Oc1c(Br)ccc2cccc(-c3ccccc3)c12.Oc1cccc2cccnc12. The van der Waals surface area contributed by atoms with Crippen molar-refractivity contribution in [2.45, 2.75) is 164 Å². The van der Waals surface area contributed by atoms with Crippen LogP contribution >= 0.6 is 85.5 Å². The zero-order valence-corrected chi connectivity index (χ0v) is 83.6. The quantitative estimate of drug-likeness (QED) is 0.129. The van der Waals surface area contributed by atoms with E-state index in [1.54, 1.807) is 39.1 Å². The third-order valence-electron chi connectivity index (χ3n) is 15.0. The van der Waals surface area contributed by atoms with E-state index in [-0.39, 0.29) is 22.0 Å². The number of aryl methyl sites for hydroxylation is 10. The largest absolute Gasteiger partial charge is 0.665 e. The summed E-state index contributed by atoms with van der Waals surface area (Å²) in [5, 5.41) is 45.7. The fraction of sp³-hybridized carbons (Fsp3) is 0.290. The molecule has 602 valence electrons. The fourth-order valence-electron chi connectivity index (χ4n) is 10.3. The molecule has 0 saturated carbocycles. The van der Waals surface area contributed by atoms with Crippen LogP contribution < -0.4 is 9.97 Å². The predicted octanol–water partition coefficient (Wildman–Crippen LogP) is 29.1. The number of aromatic nitrogens is 3. The third-order valence-corrected chi connectivity index (χ3v) is 29.3. The van der Waals surface area contributed by atoms with E-state index in [4.69, 9.17) is 74.7 Å².